The van der Waals surface area contributed by atoms with E-state index in [1.165, 1.54) is 6.07 Å². The van der Waals surface area contributed by atoms with Crippen LogP contribution in [0.2, 0.25) is 0 Å². The Kier molecular flexibility index (Phi) is 8.84. The van der Waals surface area contributed by atoms with Gasteiger partial charge in [0.15, 0.2) is 5.96 Å². The lowest BCUT2D eigenvalue weighted by molar-refractivity contribution is 0.581. The fourth-order valence-electron chi connectivity index (χ4n) is 2.60. The molecule has 0 saturated heterocycles. The Morgan fingerprint density at radius 1 is 1.10 bits per heavy atom. The Labute approximate surface area is 188 Å². The summed E-state index contributed by atoms with van der Waals surface area (Å²) in [4.78, 5) is 4.75. The molecule has 0 radical (unpaired) electrons. The highest BCUT2D eigenvalue weighted by molar-refractivity contribution is 14.0. The summed E-state index contributed by atoms with van der Waals surface area (Å²) in [5.41, 5.74) is 1.44. The molecule has 2 aromatic rings. The normalized spacial score (nSPS) is 14.2. The molecule has 1 aliphatic carbocycles. The Hall–Kier alpha value is -1.72. The molecule has 1 aliphatic rings. The fourth-order valence-corrected chi connectivity index (χ4v) is 3.90. The number of aliphatic imine (C=N–C) groups is 1. The van der Waals surface area contributed by atoms with Gasteiger partial charge in [-0.05, 0) is 43.5 Å². The minimum atomic E-state index is -3.44. The van der Waals surface area contributed by atoms with Crippen molar-refractivity contribution in [3.63, 3.8) is 0 Å². The van der Waals surface area contributed by atoms with Crippen LogP contribution in [0.1, 0.15) is 30.9 Å². The third-order valence-electron chi connectivity index (χ3n) is 4.30. The lowest BCUT2D eigenvalue weighted by Crippen LogP contribution is -2.37. The van der Waals surface area contributed by atoms with Gasteiger partial charge in [-0.1, -0.05) is 30.3 Å². The smallest absolute Gasteiger partial charge is 0.240 e. The first-order valence-electron chi connectivity index (χ1n) is 9.35. The predicted molar refractivity (Wildman–Crippen MR) is 123 cm³/mol. The number of benzene rings is 2. The number of nitrogens with zero attached hydrogens (tertiary/aromatic N) is 1. The van der Waals surface area contributed by atoms with Gasteiger partial charge in [-0.25, -0.2) is 22.5 Å². The van der Waals surface area contributed by atoms with Crippen molar-refractivity contribution >= 4 is 40.0 Å². The highest BCUT2D eigenvalue weighted by Gasteiger charge is 2.27. The molecular formula is C20H26FIN4O2S. The van der Waals surface area contributed by atoms with E-state index in [0.717, 1.165) is 18.4 Å². The van der Waals surface area contributed by atoms with Crippen LogP contribution in [-0.4, -0.2) is 27.0 Å². The van der Waals surface area contributed by atoms with Crippen LogP contribution in [0.25, 0.3) is 0 Å². The molecule has 3 rings (SSSR count). The summed E-state index contributed by atoms with van der Waals surface area (Å²) >= 11 is 0. The predicted octanol–water partition coefficient (Wildman–Crippen LogP) is 3.14. The van der Waals surface area contributed by atoms with E-state index in [-0.39, 0.29) is 40.7 Å². The maximum Gasteiger partial charge on any atom is 0.240 e. The molecule has 0 unspecified atom stereocenters. The lowest BCUT2D eigenvalue weighted by Gasteiger charge is -2.12. The van der Waals surface area contributed by atoms with Crippen molar-refractivity contribution in [3.05, 3.63) is 65.5 Å². The number of rotatable bonds is 8. The van der Waals surface area contributed by atoms with E-state index >= 15 is 0 Å². The summed E-state index contributed by atoms with van der Waals surface area (Å²) < 4.78 is 40.8. The van der Waals surface area contributed by atoms with E-state index in [9.17, 15) is 12.8 Å². The number of hydrogen-bond donors (Lipinski definition) is 3. The van der Waals surface area contributed by atoms with E-state index in [2.05, 4.69) is 20.3 Å². The van der Waals surface area contributed by atoms with Crippen molar-refractivity contribution in [2.24, 2.45) is 4.99 Å². The molecule has 0 amide bonds. The van der Waals surface area contributed by atoms with Crippen LogP contribution in [-0.2, 0) is 23.1 Å². The molecule has 1 fully saturated rings. The van der Waals surface area contributed by atoms with Gasteiger partial charge in [0, 0.05) is 24.7 Å². The standard InChI is InChI=1S/C20H25FN4O2S.HI/c1-2-22-20(24-14-16-5-3-4-6-19(16)21)23-13-15-7-11-18(12-8-15)28(26,27)25-17-9-10-17;/h3-8,11-12,17,25H,2,9-10,13-14H2,1H3,(H2,22,23,24);1H. The average molecular weight is 532 g/mol. The summed E-state index contributed by atoms with van der Waals surface area (Å²) in [5, 5.41) is 6.22. The maximum atomic E-state index is 13.7. The molecule has 0 spiro atoms. The van der Waals surface area contributed by atoms with E-state index in [4.69, 9.17) is 0 Å². The van der Waals surface area contributed by atoms with Gasteiger partial charge < -0.3 is 10.6 Å². The van der Waals surface area contributed by atoms with Crippen LogP contribution < -0.4 is 15.4 Å². The van der Waals surface area contributed by atoms with Crippen molar-refractivity contribution in [3.8, 4) is 0 Å². The third-order valence-corrected chi connectivity index (χ3v) is 5.84. The number of nitrogens with one attached hydrogen (secondary N) is 3. The summed E-state index contributed by atoms with van der Waals surface area (Å²) in [7, 11) is -3.44. The van der Waals surface area contributed by atoms with Gasteiger partial charge in [0.25, 0.3) is 0 Å². The first-order chi connectivity index (χ1) is 13.5. The second-order valence-corrected chi connectivity index (χ2v) is 8.39. The van der Waals surface area contributed by atoms with Crippen LogP contribution in [0.3, 0.4) is 0 Å². The molecule has 3 N–H and O–H groups in total. The summed E-state index contributed by atoms with van der Waals surface area (Å²) in [6, 6.07) is 13.4. The monoisotopic (exact) mass is 532 g/mol. The molecule has 0 aromatic heterocycles. The van der Waals surface area contributed by atoms with Gasteiger partial charge in [0.05, 0.1) is 11.4 Å². The first-order valence-corrected chi connectivity index (χ1v) is 10.8. The first kappa shape index (κ1) is 23.6. The number of hydrogen-bond acceptors (Lipinski definition) is 3. The molecule has 0 aliphatic heterocycles. The third kappa shape index (κ3) is 7.23. The van der Waals surface area contributed by atoms with Gasteiger partial charge in [0.2, 0.25) is 10.0 Å². The number of halogens is 2. The van der Waals surface area contributed by atoms with Crippen LogP contribution >= 0.6 is 24.0 Å². The molecule has 2 aromatic carbocycles. The number of guanidine groups is 1. The molecule has 0 heterocycles. The topological polar surface area (TPSA) is 82.6 Å². The summed E-state index contributed by atoms with van der Waals surface area (Å²) in [5.74, 6) is 0.306. The highest BCUT2D eigenvalue weighted by atomic mass is 127. The average Bonchev–Trinajstić information content (AvgIpc) is 3.49. The Morgan fingerprint density at radius 3 is 2.41 bits per heavy atom. The van der Waals surface area contributed by atoms with Crippen molar-refractivity contribution in [2.45, 2.75) is 43.8 Å². The van der Waals surface area contributed by atoms with Gasteiger partial charge in [-0.3, -0.25) is 0 Å². The summed E-state index contributed by atoms with van der Waals surface area (Å²) in [6.07, 6.45) is 1.80. The Morgan fingerprint density at radius 2 is 1.79 bits per heavy atom. The molecule has 6 nitrogen and oxygen atoms in total. The van der Waals surface area contributed by atoms with E-state index in [1.54, 1.807) is 42.5 Å². The minimum Gasteiger partial charge on any atom is -0.357 e. The maximum absolute atomic E-state index is 13.7. The zero-order chi connectivity index (χ0) is 20.0. The van der Waals surface area contributed by atoms with Crippen molar-refractivity contribution < 1.29 is 12.8 Å². The van der Waals surface area contributed by atoms with Crippen molar-refractivity contribution in [2.75, 3.05) is 6.54 Å². The quantitative estimate of drug-likeness (QED) is 0.277. The molecule has 0 atom stereocenters. The van der Waals surface area contributed by atoms with Gasteiger partial charge in [-0.15, -0.1) is 24.0 Å². The van der Waals surface area contributed by atoms with E-state index < -0.39 is 10.0 Å². The minimum absolute atomic E-state index is 0. The van der Waals surface area contributed by atoms with Crippen molar-refractivity contribution in [1.29, 1.82) is 0 Å². The summed E-state index contributed by atoms with van der Waals surface area (Å²) in [6.45, 7) is 3.32. The van der Waals surface area contributed by atoms with Crippen LogP contribution in [0.4, 0.5) is 4.39 Å². The zero-order valence-electron chi connectivity index (χ0n) is 16.2. The molecular weight excluding hydrogens is 506 g/mol. The lowest BCUT2D eigenvalue weighted by atomic mass is 10.2. The van der Waals surface area contributed by atoms with Crippen LogP contribution in [0, 0.1) is 5.82 Å². The Balaban J connectivity index is 0.00000300. The van der Waals surface area contributed by atoms with E-state index in [1.807, 2.05) is 6.92 Å². The fraction of sp³-hybridized carbons (Fsp3) is 0.350. The molecule has 158 valence electrons. The highest BCUT2D eigenvalue weighted by Crippen LogP contribution is 2.22. The van der Waals surface area contributed by atoms with Crippen LogP contribution in [0.15, 0.2) is 58.4 Å². The second kappa shape index (κ2) is 10.9. The van der Waals surface area contributed by atoms with Gasteiger partial charge in [-0.2, -0.15) is 0 Å². The van der Waals surface area contributed by atoms with Crippen molar-refractivity contribution in [1.82, 2.24) is 15.4 Å². The second-order valence-electron chi connectivity index (χ2n) is 6.68. The van der Waals surface area contributed by atoms with Crippen LogP contribution in [0.5, 0.6) is 0 Å². The van der Waals surface area contributed by atoms with E-state index in [0.29, 0.717) is 31.2 Å². The molecule has 9 heteroatoms. The Bertz CT molecular complexity index is 932. The van der Waals surface area contributed by atoms with Gasteiger partial charge >= 0.3 is 0 Å². The largest absolute Gasteiger partial charge is 0.357 e. The zero-order valence-corrected chi connectivity index (χ0v) is 19.3. The molecule has 0 bridgehead atoms. The molecule has 29 heavy (non-hydrogen) atoms. The number of sulfonamides is 1. The molecule has 1 saturated carbocycles. The SMILES string of the molecule is CCNC(=NCc1ccc(S(=O)(=O)NC2CC2)cc1)NCc1ccccc1F.I. The van der Waals surface area contributed by atoms with Gasteiger partial charge in [0.1, 0.15) is 5.82 Å².